The van der Waals surface area contributed by atoms with Crippen LogP contribution in [0.15, 0.2) is 53.6 Å². The number of aryl methyl sites for hydroxylation is 1. The van der Waals surface area contributed by atoms with Gasteiger partial charge in [0.25, 0.3) is 0 Å². The number of benzene rings is 2. The zero-order valence-corrected chi connectivity index (χ0v) is 13.7. The van der Waals surface area contributed by atoms with E-state index in [4.69, 9.17) is 0 Å². The minimum absolute atomic E-state index is 0.337. The van der Waals surface area contributed by atoms with Crippen LogP contribution in [-0.4, -0.2) is 24.8 Å². The molecule has 0 bridgehead atoms. The Labute approximate surface area is 135 Å². The van der Waals surface area contributed by atoms with Crippen molar-refractivity contribution in [1.82, 2.24) is 4.41 Å². The van der Waals surface area contributed by atoms with Crippen molar-refractivity contribution < 1.29 is 12.8 Å². The van der Waals surface area contributed by atoms with Crippen molar-refractivity contribution in [3.05, 3.63) is 71.0 Å². The van der Waals surface area contributed by atoms with Gasteiger partial charge in [-0.05, 0) is 18.6 Å². The number of hydrogen-bond donors (Lipinski definition) is 0. The van der Waals surface area contributed by atoms with Crippen LogP contribution in [0.2, 0.25) is 0 Å². The molecule has 0 fully saturated rings. The molecule has 0 amide bonds. The first-order valence-corrected chi connectivity index (χ1v) is 9.09. The molecule has 6 heteroatoms. The lowest BCUT2D eigenvalue weighted by molar-refractivity contribution is 0.365. The second-order valence-corrected chi connectivity index (χ2v) is 7.53. The molecule has 4 nitrogen and oxygen atoms in total. The molecule has 1 aliphatic rings. The highest BCUT2D eigenvalue weighted by atomic mass is 32.2. The molecule has 0 saturated heterocycles. The van der Waals surface area contributed by atoms with E-state index in [1.165, 1.54) is 6.07 Å². The summed E-state index contributed by atoms with van der Waals surface area (Å²) in [4.78, 5) is 0. The van der Waals surface area contributed by atoms with Crippen LogP contribution >= 0.6 is 0 Å². The molecule has 1 atom stereocenters. The first kappa shape index (κ1) is 15.7. The summed E-state index contributed by atoms with van der Waals surface area (Å²) in [7, 11) is -3.59. The molecule has 0 spiro atoms. The van der Waals surface area contributed by atoms with E-state index in [0.29, 0.717) is 17.7 Å². The Morgan fingerprint density at radius 3 is 2.39 bits per heavy atom. The predicted molar refractivity (Wildman–Crippen MR) is 88.2 cm³/mol. The van der Waals surface area contributed by atoms with Gasteiger partial charge in [0.2, 0.25) is 10.0 Å². The maximum absolute atomic E-state index is 14.1. The van der Waals surface area contributed by atoms with Crippen LogP contribution in [0.5, 0.6) is 0 Å². The highest BCUT2D eigenvalue weighted by Gasteiger charge is 2.35. The van der Waals surface area contributed by atoms with Crippen LogP contribution < -0.4 is 0 Å². The summed E-state index contributed by atoms with van der Waals surface area (Å²) in [6.45, 7) is 1.98. The van der Waals surface area contributed by atoms with E-state index in [0.717, 1.165) is 21.8 Å². The first-order chi connectivity index (χ1) is 10.9. The van der Waals surface area contributed by atoms with E-state index in [-0.39, 0.29) is 0 Å². The van der Waals surface area contributed by atoms with Crippen LogP contribution in [0.3, 0.4) is 0 Å². The SMILES string of the molecule is Cc1ccc(C2=NN(S(C)(=O)=O)[C@@H](c3ccccc3F)C2)cc1. The largest absolute Gasteiger partial charge is 0.247 e. The third kappa shape index (κ3) is 3.12. The van der Waals surface area contributed by atoms with Gasteiger partial charge in [0.05, 0.1) is 18.0 Å². The molecule has 2 aromatic carbocycles. The van der Waals surface area contributed by atoms with E-state index < -0.39 is 21.9 Å². The summed E-state index contributed by atoms with van der Waals surface area (Å²) in [6, 6.07) is 13.3. The summed E-state index contributed by atoms with van der Waals surface area (Å²) in [6.07, 6.45) is 1.43. The molecular formula is C17H17FN2O2S. The summed E-state index contributed by atoms with van der Waals surface area (Å²) >= 11 is 0. The maximum Gasteiger partial charge on any atom is 0.247 e. The number of sulfonamides is 1. The van der Waals surface area contributed by atoms with Crippen molar-refractivity contribution in [1.29, 1.82) is 0 Å². The van der Waals surface area contributed by atoms with Gasteiger partial charge in [0, 0.05) is 12.0 Å². The van der Waals surface area contributed by atoms with Crippen LogP contribution in [0.1, 0.15) is 29.2 Å². The average Bonchev–Trinajstić information content (AvgIpc) is 2.93. The zero-order valence-electron chi connectivity index (χ0n) is 12.9. The fourth-order valence-electron chi connectivity index (χ4n) is 2.69. The molecule has 1 heterocycles. The van der Waals surface area contributed by atoms with Crippen LogP contribution in [0.4, 0.5) is 4.39 Å². The molecule has 23 heavy (non-hydrogen) atoms. The molecule has 0 unspecified atom stereocenters. The Hall–Kier alpha value is -2.21. The second kappa shape index (κ2) is 5.77. The minimum Gasteiger partial charge on any atom is -0.207 e. The number of nitrogens with zero attached hydrogens (tertiary/aromatic N) is 2. The van der Waals surface area contributed by atoms with Crippen LogP contribution in [-0.2, 0) is 10.0 Å². The van der Waals surface area contributed by atoms with Crippen molar-refractivity contribution >= 4 is 15.7 Å². The van der Waals surface area contributed by atoms with Crippen molar-refractivity contribution in [2.45, 2.75) is 19.4 Å². The molecular weight excluding hydrogens is 315 g/mol. The van der Waals surface area contributed by atoms with Crippen molar-refractivity contribution in [2.24, 2.45) is 5.10 Å². The van der Waals surface area contributed by atoms with Gasteiger partial charge in [-0.3, -0.25) is 0 Å². The Kier molecular flexibility index (Phi) is 3.93. The standard InChI is InChI=1S/C17H17FN2O2S/c1-12-7-9-13(10-8-12)16-11-17(20(19-16)23(2,21)22)14-5-3-4-6-15(14)18/h3-10,17H,11H2,1-2H3/t17-/m1/s1. The lowest BCUT2D eigenvalue weighted by atomic mass is 9.98. The Morgan fingerprint density at radius 2 is 1.78 bits per heavy atom. The Morgan fingerprint density at radius 1 is 1.13 bits per heavy atom. The normalized spacial score (nSPS) is 18.1. The molecule has 0 aromatic heterocycles. The van der Waals surface area contributed by atoms with E-state index in [1.54, 1.807) is 18.2 Å². The highest BCUT2D eigenvalue weighted by molar-refractivity contribution is 7.88. The molecule has 0 N–H and O–H groups in total. The average molecular weight is 332 g/mol. The van der Waals surface area contributed by atoms with Crippen molar-refractivity contribution in [2.75, 3.05) is 6.26 Å². The van der Waals surface area contributed by atoms with Crippen molar-refractivity contribution in [3.63, 3.8) is 0 Å². The second-order valence-electron chi connectivity index (χ2n) is 5.69. The molecule has 0 radical (unpaired) electrons. The lowest BCUT2D eigenvalue weighted by Crippen LogP contribution is -2.26. The fraction of sp³-hybridized carbons (Fsp3) is 0.235. The monoisotopic (exact) mass is 332 g/mol. The van der Waals surface area contributed by atoms with Gasteiger partial charge in [-0.2, -0.15) is 9.52 Å². The minimum atomic E-state index is -3.59. The molecule has 2 aromatic rings. The van der Waals surface area contributed by atoms with E-state index in [2.05, 4.69) is 5.10 Å². The summed E-state index contributed by atoms with van der Waals surface area (Å²) in [5.41, 5.74) is 2.94. The highest BCUT2D eigenvalue weighted by Crippen LogP contribution is 2.35. The molecule has 120 valence electrons. The van der Waals surface area contributed by atoms with Gasteiger partial charge in [-0.25, -0.2) is 12.8 Å². The number of hydrogen-bond acceptors (Lipinski definition) is 3. The van der Waals surface area contributed by atoms with Crippen molar-refractivity contribution in [3.8, 4) is 0 Å². The molecule has 3 rings (SSSR count). The third-order valence-corrected chi connectivity index (χ3v) is 4.88. The van der Waals surface area contributed by atoms with Gasteiger partial charge in [0.15, 0.2) is 0 Å². The van der Waals surface area contributed by atoms with Gasteiger partial charge in [0.1, 0.15) is 5.82 Å². The summed E-state index contributed by atoms with van der Waals surface area (Å²) < 4.78 is 39.2. The Balaban J connectivity index is 2.03. The van der Waals surface area contributed by atoms with Crippen LogP contribution in [0, 0.1) is 12.7 Å². The predicted octanol–water partition coefficient (Wildman–Crippen LogP) is 3.24. The molecule has 0 aliphatic carbocycles. The van der Waals surface area contributed by atoms with E-state index >= 15 is 0 Å². The first-order valence-electron chi connectivity index (χ1n) is 7.24. The fourth-order valence-corrected chi connectivity index (χ4v) is 3.59. The molecule has 1 aliphatic heterocycles. The zero-order chi connectivity index (χ0) is 16.6. The lowest BCUT2D eigenvalue weighted by Gasteiger charge is -2.21. The van der Waals surface area contributed by atoms with E-state index in [9.17, 15) is 12.8 Å². The third-order valence-electron chi connectivity index (χ3n) is 3.86. The van der Waals surface area contributed by atoms with Gasteiger partial charge < -0.3 is 0 Å². The quantitative estimate of drug-likeness (QED) is 0.866. The smallest absolute Gasteiger partial charge is 0.207 e. The van der Waals surface area contributed by atoms with Gasteiger partial charge in [-0.1, -0.05) is 48.0 Å². The number of rotatable bonds is 3. The van der Waals surface area contributed by atoms with Crippen LogP contribution in [0.25, 0.3) is 0 Å². The van der Waals surface area contributed by atoms with E-state index in [1.807, 2.05) is 31.2 Å². The maximum atomic E-state index is 14.1. The van der Waals surface area contributed by atoms with Gasteiger partial charge in [-0.15, -0.1) is 0 Å². The van der Waals surface area contributed by atoms with Gasteiger partial charge >= 0.3 is 0 Å². The summed E-state index contributed by atoms with van der Waals surface area (Å²) in [5, 5.41) is 4.25. The number of halogens is 1. The number of hydrazone groups is 1. The summed E-state index contributed by atoms with van der Waals surface area (Å²) in [5.74, 6) is -0.425. The Bertz CT molecular complexity index is 860. The topological polar surface area (TPSA) is 49.7 Å². The molecule has 0 saturated carbocycles.